The van der Waals surface area contributed by atoms with Crippen molar-refractivity contribution >= 4 is 6.09 Å². The van der Waals surface area contributed by atoms with Crippen LogP contribution in [0.2, 0.25) is 0 Å². The van der Waals surface area contributed by atoms with Crippen LogP contribution in [0, 0.1) is 0 Å². The zero-order valence-corrected chi connectivity index (χ0v) is 13.0. The Hall–Kier alpha value is -2.33. The van der Waals surface area contributed by atoms with Crippen molar-refractivity contribution < 1.29 is 14.6 Å². The number of carbonyl (C=O) groups excluding carboxylic acids is 1. The fourth-order valence-corrected chi connectivity index (χ4v) is 2.94. The van der Waals surface area contributed by atoms with Crippen molar-refractivity contribution in [2.75, 3.05) is 13.1 Å². The minimum Gasteiger partial charge on any atom is -0.445 e. The molecular formula is C19H21NO3. The predicted octanol–water partition coefficient (Wildman–Crippen LogP) is 3.00. The van der Waals surface area contributed by atoms with E-state index in [1.807, 2.05) is 60.7 Å². The third-order valence-electron chi connectivity index (χ3n) is 4.17. The Morgan fingerprint density at radius 3 is 2.30 bits per heavy atom. The normalized spacial score (nSPS) is 20.5. The van der Waals surface area contributed by atoms with Gasteiger partial charge in [-0.05, 0) is 17.5 Å². The van der Waals surface area contributed by atoms with Crippen molar-refractivity contribution in [2.45, 2.75) is 25.0 Å². The molecule has 1 N–H and O–H groups in total. The van der Waals surface area contributed by atoms with Crippen LogP contribution in [0.25, 0.3) is 0 Å². The van der Waals surface area contributed by atoms with Gasteiger partial charge in [-0.3, -0.25) is 0 Å². The van der Waals surface area contributed by atoms with Crippen LogP contribution >= 0.6 is 0 Å². The molecule has 1 heterocycles. The Balaban J connectivity index is 1.53. The molecule has 0 bridgehead atoms. The summed E-state index contributed by atoms with van der Waals surface area (Å²) in [5.41, 5.74) is 1.17. The first kappa shape index (κ1) is 15.6. The average Bonchev–Trinajstić information content (AvgIpc) is 2.96. The summed E-state index contributed by atoms with van der Waals surface area (Å²) in [6.45, 7) is 1.10. The number of amides is 1. The van der Waals surface area contributed by atoms with Crippen LogP contribution in [-0.2, 0) is 17.8 Å². The zero-order valence-electron chi connectivity index (χ0n) is 13.0. The molecule has 0 radical (unpaired) electrons. The lowest BCUT2D eigenvalue weighted by Crippen LogP contribution is -2.37. The summed E-state index contributed by atoms with van der Waals surface area (Å²) in [4.78, 5) is 13.7. The Morgan fingerprint density at radius 2 is 1.65 bits per heavy atom. The summed E-state index contributed by atoms with van der Waals surface area (Å²) in [5.74, 6) is 0. The second-order valence-electron chi connectivity index (χ2n) is 6.10. The monoisotopic (exact) mass is 311 g/mol. The smallest absolute Gasteiger partial charge is 0.410 e. The van der Waals surface area contributed by atoms with Gasteiger partial charge < -0.3 is 14.7 Å². The maximum absolute atomic E-state index is 12.2. The maximum Gasteiger partial charge on any atom is 0.410 e. The van der Waals surface area contributed by atoms with Crippen LogP contribution in [0.5, 0.6) is 0 Å². The van der Waals surface area contributed by atoms with Crippen molar-refractivity contribution in [3.05, 3.63) is 71.8 Å². The van der Waals surface area contributed by atoms with Crippen molar-refractivity contribution in [1.82, 2.24) is 4.90 Å². The predicted molar refractivity (Wildman–Crippen MR) is 87.9 cm³/mol. The van der Waals surface area contributed by atoms with Gasteiger partial charge in [-0.1, -0.05) is 60.7 Å². The van der Waals surface area contributed by atoms with E-state index in [1.54, 1.807) is 4.90 Å². The summed E-state index contributed by atoms with van der Waals surface area (Å²) >= 11 is 0. The Kier molecular flexibility index (Phi) is 4.63. The van der Waals surface area contributed by atoms with Crippen LogP contribution < -0.4 is 0 Å². The topological polar surface area (TPSA) is 49.8 Å². The number of ether oxygens (including phenoxy) is 1. The first-order valence-corrected chi connectivity index (χ1v) is 7.87. The quantitative estimate of drug-likeness (QED) is 0.944. The van der Waals surface area contributed by atoms with Gasteiger partial charge in [0.1, 0.15) is 6.61 Å². The van der Waals surface area contributed by atoms with E-state index in [9.17, 15) is 9.90 Å². The highest BCUT2D eigenvalue weighted by Crippen LogP contribution is 2.26. The van der Waals surface area contributed by atoms with E-state index in [4.69, 9.17) is 4.74 Å². The van der Waals surface area contributed by atoms with E-state index >= 15 is 0 Å². The molecule has 1 fully saturated rings. The largest absolute Gasteiger partial charge is 0.445 e. The van der Waals surface area contributed by atoms with E-state index in [0.29, 0.717) is 25.9 Å². The number of aliphatic hydroxyl groups is 1. The molecule has 1 unspecified atom stereocenters. The van der Waals surface area contributed by atoms with Gasteiger partial charge in [-0.15, -0.1) is 0 Å². The highest BCUT2D eigenvalue weighted by Gasteiger charge is 2.38. The molecule has 0 spiro atoms. The van der Waals surface area contributed by atoms with Gasteiger partial charge in [0.25, 0.3) is 0 Å². The van der Waals surface area contributed by atoms with Crippen LogP contribution in [0.3, 0.4) is 0 Å². The Morgan fingerprint density at radius 1 is 1.04 bits per heavy atom. The molecule has 120 valence electrons. The fraction of sp³-hybridized carbons (Fsp3) is 0.316. The number of β-amino-alcohol motifs (C(OH)–C–C–N with tert-alkyl or cyclic N) is 1. The van der Waals surface area contributed by atoms with Gasteiger partial charge in [0, 0.05) is 13.0 Å². The third kappa shape index (κ3) is 4.11. The molecule has 23 heavy (non-hydrogen) atoms. The standard InChI is InChI=1S/C19H21NO3/c21-18(23-14-17-9-5-2-6-10-17)20-12-11-19(22,15-20)13-16-7-3-1-4-8-16/h1-10,22H,11-15H2. The SMILES string of the molecule is O=C(OCc1ccccc1)N1CCC(O)(Cc2ccccc2)C1. The van der Waals surface area contributed by atoms with E-state index in [0.717, 1.165) is 11.1 Å². The zero-order chi connectivity index (χ0) is 16.1. The number of hydrogen-bond donors (Lipinski definition) is 1. The van der Waals surface area contributed by atoms with Gasteiger partial charge >= 0.3 is 6.09 Å². The second kappa shape index (κ2) is 6.84. The number of hydrogen-bond acceptors (Lipinski definition) is 3. The Labute approximate surface area is 136 Å². The second-order valence-corrected chi connectivity index (χ2v) is 6.10. The van der Waals surface area contributed by atoms with Gasteiger partial charge in [0.05, 0.1) is 12.1 Å². The molecule has 4 heteroatoms. The van der Waals surface area contributed by atoms with E-state index in [-0.39, 0.29) is 12.7 Å². The molecule has 0 aromatic heterocycles. The maximum atomic E-state index is 12.2. The molecular weight excluding hydrogens is 290 g/mol. The fourth-order valence-electron chi connectivity index (χ4n) is 2.94. The molecule has 1 aliphatic heterocycles. The minimum absolute atomic E-state index is 0.257. The average molecular weight is 311 g/mol. The molecule has 2 aromatic rings. The number of benzene rings is 2. The van der Waals surface area contributed by atoms with Crippen molar-refractivity contribution in [3.8, 4) is 0 Å². The molecule has 1 atom stereocenters. The lowest BCUT2D eigenvalue weighted by molar-refractivity contribution is 0.0438. The molecule has 3 rings (SSSR count). The molecule has 0 aliphatic carbocycles. The van der Waals surface area contributed by atoms with Crippen molar-refractivity contribution in [2.24, 2.45) is 0 Å². The van der Waals surface area contributed by atoms with Crippen molar-refractivity contribution in [3.63, 3.8) is 0 Å². The summed E-state index contributed by atoms with van der Waals surface area (Å²) < 4.78 is 5.33. The highest BCUT2D eigenvalue weighted by atomic mass is 16.6. The summed E-state index contributed by atoms with van der Waals surface area (Å²) in [6.07, 6.45) is 0.761. The number of nitrogens with zero attached hydrogens (tertiary/aromatic N) is 1. The van der Waals surface area contributed by atoms with Gasteiger partial charge in [0.15, 0.2) is 0 Å². The lowest BCUT2D eigenvalue weighted by atomic mass is 9.94. The summed E-state index contributed by atoms with van der Waals surface area (Å²) in [7, 11) is 0. The molecule has 2 aromatic carbocycles. The van der Waals surface area contributed by atoms with E-state index in [2.05, 4.69) is 0 Å². The van der Waals surface area contributed by atoms with Gasteiger partial charge in [-0.2, -0.15) is 0 Å². The molecule has 1 aliphatic rings. The molecule has 1 saturated heterocycles. The first-order chi connectivity index (χ1) is 11.1. The van der Waals surface area contributed by atoms with Crippen molar-refractivity contribution in [1.29, 1.82) is 0 Å². The van der Waals surface area contributed by atoms with Crippen LogP contribution in [0.4, 0.5) is 4.79 Å². The highest BCUT2D eigenvalue weighted by molar-refractivity contribution is 5.68. The molecule has 0 saturated carbocycles. The minimum atomic E-state index is -0.868. The molecule has 4 nitrogen and oxygen atoms in total. The van der Waals surface area contributed by atoms with Gasteiger partial charge in [-0.25, -0.2) is 4.79 Å². The van der Waals surface area contributed by atoms with Crippen LogP contribution in [-0.4, -0.2) is 34.8 Å². The van der Waals surface area contributed by atoms with Crippen LogP contribution in [0.1, 0.15) is 17.5 Å². The Bertz CT molecular complexity index is 644. The number of rotatable bonds is 4. The lowest BCUT2D eigenvalue weighted by Gasteiger charge is -2.23. The van der Waals surface area contributed by atoms with Crippen LogP contribution in [0.15, 0.2) is 60.7 Å². The third-order valence-corrected chi connectivity index (χ3v) is 4.17. The van der Waals surface area contributed by atoms with E-state index < -0.39 is 5.60 Å². The number of carbonyl (C=O) groups is 1. The molecule has 1 amide bonds. The summed E-state index contributed by atoms with van der Waals surface area (Å²) in [6, 6.07) is 19.5. The van der Waals surface area contributed by atoms with Gasteiger partial charge in [0.2, 0.25) is 0 Å². The number of likely N-dealkylation sites (tertiary alicyclic amines) is 1. The van der Waals surface area contributed by atoms with E-state index in [1.165, 1.54) is 0 Å². The first-order valence-electron chi connectivity index (χ1n) is 7.87. The summed E-state index contributed by atoms with van der Waals surface area (Å²) in [5, 5.41) is 10.7.